The van der Waals surface area contributed by atoms with Crippen LogP contribution in [-0.2, 0) is 10.2 Å². The van der Waals surface area contributed by atoms with E-state index in [0.29, 0.717) is 12.5 Å². The molecule has 0 radical (unpaired) electrons. The molecule has 116 valence electrons. The Labute approximate surface area is 140 Å². The van der Waals surface area contributed by atoms with Crippen LogP contribution in [0.3, 0.4) is 0 Å². The number of hydrogen-bond donors (Lipinski definition) is 2. The maximum Gasteiger partial charge on any atom is 0.230 e. The van der Waals surface area contributed by atoms with E-state index in [4.69, 9.17) is 5.73 Å². The van der Waals surface area contributed by atoms with Crippen LogP contribution in [0.25, 0.3) is 0 Å². The van der Waals surface area contributed by atoms with E-state index in [2.05, 4.69) is 33.4 Å². The molecule has 5 heteroatoms. The van der Waals surface area contributed by atoms with Gasteiger partial charge in [0.2, 0.25) is 5.91 Å². The molecule has 3 rings (SSSR count). The van der Waals surface area contributed by atoms with Crippen LogP contribution in [0.1, 0.15) is 37.7 Å². The van der Waals surface area contributed by atoms with Crippen LogP contribution in [0.15, 0.2) is 28.7 Å². The molecule has 0 aromatic heterocycles. The third-order valence-corrected chi connectivity index (χ3v) is 5.33. The average Bonchev–Trinajstić information content (AvgIpc) is 3.14. The van der Waals surface area contributed by atoms with Crippen molar-refractivity contribution < 1.29 is 4.79 Å². The van der Waals surface area contributed by atoms with Gasteiger partial charge >= 0.3 is 0 Å². The summed E-state index contributed by atoms with van der Waals surface area (Å²) >= 11 is 3.49. The molecule has 1 aromatic rings. The quantitative estimate of drug-likeness (QED) is 0.852. The second-order valence-corrected chi connectivity index (χ2v) is 7.01. The normalized spacial score (nSPS) is 26.0. The van der Waals surface area contributed by atoms with Gasteiger partial charge in [0.25, 0.3) is 0 Å². The molecular formula is C16H22BrClN2O. The van der Waals surface area contributed by atoms with Crippen LogP contribution in [-0.4, -0.2) is 18.5 Å². The molecule has 1 amide bonds. The summed E-state index contributed by atoms with van der Waals surface area (Å²) in [6, 6.07) is 8.41. The Kier molecular flexibility index (Phi) is 5.33. The van der Waals surface area contributed by atoms with Gasteiger partial charge in [-0.1, -0.05) is 34.5 Å². The van der Waals surface area contributed by atoms with E-state index >= 15 is 0 Å². The maximum atomic E-state index is 12.7. The molecule has 0 spiro atoms. The maximum absolute atomic E-state index is 12.7. The van der Waals surface area contributed by atoms with E-state index in [9.17, 15) is 4.79 Å². The molecule has 0 saturated heterocycles. The lowest BCUT2D eigenvalue weighted by Gasteiger charge is -2.23. The number of benzene rings is 1. The van der Waals surface area contributed by atoms with Crippen molar-refractivity contribution in [3.05, 3.63) is 34.3 Å². The van der Waals surface area contributed by atoms with Crippen molar-refractivity contribution in [3.63, 3.8) is 0 Å². The molecule has 2 fully saturated rings. The zero-order valence-corrected chi connectivity index (χ0v) is 14.4. The zero-order valence-electron chi connectivity index (χ0n) is 12.0. The number of nitrogens with one attached hydrogen (secondary N) is 1. The Balaban J connectivity index is 0.00000161. The van der Waals surface area contributed by atoms with Crippen molar-refractivity contribution in [1.29, 1.82) is 0 Å². The number of rotatable bonds is 4. The lowest BCUT2D eigenvalue weighted by molar-refractivity contribution is -0.124. The fourth-order valence-corrected chi connectivity index (χ4v) is 3.77. The first-order valence-electron chi connectivity index (χ1n) is 7.43. The number of hydrogen-bond acceptors (Lipinski definition) is 2. The standard InChI is InChI=1S/C16H21BrN2O.ClH/c17-13-5-2-4-12(9-13)16(7-8-16)15(20)19-14-6-1-3-11(14)10-18;/h2,4-5,9,11,14H,1,3,6-8,10,18H2,(H,19,20);1H. The summed E-state index contributed by atoms with van der Waals surface area (Å²) in [5.74, 6) is 0.651. The first kappa shape index (κ1) is 16.8. The molecular weight excluding hydrogens is 352 g/mol. The van der Waals surface area contributed by atoms with Gasteiger partial charge < -0.3 is 11.1 Å². The van der Waals surface area contributed by atoms with Crippen molar-refractivity contribution in [1.82, 2.24) is 5.32 Å². The topological polar surface area (TPSA) is 55.1 Å². The predicted molar refractivity (Wildman–Crippen MR) is 90.6 cm³/mol. The third kappa shape index (κ3) is 3.27. The van der Waals surface area contributed by atoms with E-state index in [-0.39, 0.29) is 29.8 Å². The second-order valence-electron chi connectivity index (χ2n) is 6.10. The van der Waals surface area contributed by atoms with Gasteiger partial charge in [0.1, 0.15) is 0 Å². The lowest BCUT2D eigenvalue weighted by atomic mass is 9.94. The van der Waals surface area contributed by atoms with Gasteiger partial charge in [-0.2, -0.15) is 0 Å². The lowest BCUT2D eigenvalue weighted by Crippen LogP contribution is -2.44. The van der Waals surface area contributed by atoms with E-state index in [0.717, 1.165) is 35.7 Å². The Bertz CT molecular complexity index is 519. The minimum absolute atomic E-state index is 0. The van der Waals surface area contributed by atoms with Gasteiger partial charge in [-0.25, -0.2) is 0 Å². The van der Waals surface area contributed by atoms with Crippen molar-refractivity contribution in [2.75, 3.05) is 6.54 Å². The Morgan fingerprint density at radius 3 is 2.76 bits per heavy atom. The number of carbonyl (C=O) groups excluding carboxylic acids is 1. The predicted octanol–water partition coefficient (Wildman–Crippen LogP) is 3.15. The largest absolute Gasteiger partial charge is 0.352 e. The van der Waals surface area contributed by atoms with Gasteiger partial charge in [-0.15, -0.1) is 12.4 Å². The van der Waals surface area contributed by atoms with Gasteiger partial charge in [0.15, 0.2) is 0 Å². The van der Waals surface area contributed by atoms with Crippen molar-refractivity contribution in [3.8, 4) is 0 Å². The number of nitrogens with two attached hydrogens (primary N) is 1. The molecule has 1 aromatic carbocycles. The number of halogens is 2. The van der Waals surface area contributed by atoms with E-state index in [1.54, 1.807) is 0 Å². The van der Waals surface area contributed by atoms with Crippen molar-refractivity contribution >= 4 is 34.2 Å². The van der Waals surface area contributed by atoms with Gasteiger partial charge in [0.05, 0.1) is 5.41 Å². The zero-order chi connectivity index (χ0) is 14.2. The molecule has 3 nitrogen and oxygen atoms in total. The van der Waals surface area contributed by atoms with Crippen LogP contribution >= 0.6 is 28.3 Å². The van der Waals surface area contributed by atoms with Crippen molar-refractivity contribution in [2.24, 2.45) is 11.7 Å². The fraction of sp³-hybridized carbons (Fsp3) is 0.562. The highest BCUT2D eigenvalue weighted by molar-refractivity contribution is 9.10. The molecule has 0 aliphatic heterocycles. The fourth-order valence-electron chi connectivity index (χ4n) is 3.37. The van der Waals surface area contributed by atoms with Crippen LogP contribution in [0.2, 0.25) is 0 Å². The number of carbonyl (C=O) groups is 1. The van der Waals surface area contributed by atoms with E-state index in [1.165, 1.54) is 6.42 Å². The first-order chi connectivity index (χ1) is 9.65. The summed E-state index contributed by atoms with van der Waals surface area (Å²) in [5.41, 5.74) is 6.64. The summed E-state index contributed by atoms with van der Waals surface area (Å²) in [7, 11) is 0. The highest BCUT2D eigenvalue weighted by atomic mass is 79.9. The van der Waals surface area contributed by atoms with Crippen LogP contribution in [0.5, 0.6) is 0 Å². The van der Waals surface area contributed by atoms with E-state index in [1.807, 2.05) is 12.1 Å². The van der Waals surface area contributed by atoms with E-state index < -0.39 is 0 Å². The molecule has 3 N–H and O–H groups in total. The first-order valence-corrected chi connectivity index (χ1v) is 8.22. The molecule has 2 aliphatic carbocycles. The summed E-state index contributed by atoms with van der Waals surface area (Å²) in [4.78, 5) is 12.7. The van der Waals surface area contributed by atoms with Gasteiger partial charge in [0, 0.05) is 10.5 Å². The smallest absolute Gasteiger partial charge is 0.230 e. The molecule has 21 heavy (non-hydrogen) atoms. The van der Waals surface area contributed by atoms with Gasteiger partial charge in [-0.05, 0) is 55.8 Å². The monoisotopic (exact) mass is 372 g/mol. The Morgan fingerprint density at radius 2 is 2.14 bits per heavy atom. The van der Waals surface area contributed by atoms with Crippen LogP contribution < -0.4 is 11.1 Å². The summed E-state index contributed by atoms with van der Waals surface area (Å²) < 4.78 is 1.04. The highest BCUT2D eigenvalue weighted by Crippen LogP contribution is 2.49. The second kappa shape index (κ2) is 6.67. The minimum Gasteiger partial charge on any atom is -0.352 e. The molecule has 2 saturated carbocycles. The Morgan fingerprint density at radius 1 is 1.38 bits per heavy atom. The molecule has 0 bridgehead atoms. The minimum atomic E-state index is -0.286. The third-order valence-electron chi connectivity index (χ3n) is 4.84. The SMILES string of the molecule is Cl.NCC1CCCC1NC(=O)C1(c2cccc(Br)c2)CC1. The number of amides is 1. The van der Waals surface area contributed by atoms with Crippen molar-refractivity contribution in [2.45, 2.75) is 43.6 Å². The average molecular weight is 374 g/mol. The summed E-state index contributed by atoms with van der Waals surface area (Å²) in [5, 5.41) is 3.27. The summed E-state index contributed by atoms with van der Waals surface area (Å²) in [6.45, 7) is 0.675. The highest BCUT2D eigenvalue weighted by Gasteiger charge is 2.52. The molecule has 2 atom stereocenters. The summed E-state index contributed by atoms with van der Waals surface area (Å²) in [6.07, 6.45) is 5.30. The van der Waals surface area contributed by atoms with Gasteiger partial charge in [-0.3, -0.25) is 4.79 Å². The van der Waals surface area contributed by atoms with Crippen LogP contribution in [0.4, 0.5) is 0 Å². The molecule has 2 aliphatic rings. The van der Waals surface area contributed by atoms with Crippen LogP contribution in [0, 0.1) is 5.92 Å². The molecule has 2 unspecified atom stereocenters. The molecule has 0 heterocycles. The Hall–Kier alpha value is -0.580.